The fourth-order valence-corrected chi connectivity index (χ4v) is 6.28. The number of halogens is 2. The van der Waals surface area contributed by atoms with Gasteiger partial charge in [0.2, 0.25) is 10.0 Å². The Morgan fingerprint density at radius 2 is 1.76 bits per heavy atom. The van der Waals surface area contributed by atoms with Gasteiger partial charge in [0.25, 0.3) is 5.91 Å². The summed E-state index contributed by atoms with van der Waals surface area (Å²) in [6, 6.07) is 15.4. The minimum absolute atomic E-state index is 0.0373. The Labute approximate surface area is 221 Å². The van der Waals surface area contributed by atoms with E-state index in [9.17, 15) is 27.1 Å². The van der Waals surface area contributed by atoms with Gasteiger partial charge in [0.15, 0.2) is 0 Å². The van der Waals surface area contributed by atoms with Crippen molar-refractivity contribution >= 4 is 15.9 Å². The third-order valence-corrected chi connectivity index (χ3v) is 8.77. The number of carbonyl (C=O) groups excluding carboxylic acids is 1. The van der Waals surface area contributed by atoms with Crippen LogP contribution in [0.3, 0.4) is 0 Å². The molecule has 3 atom stereocenters. The molecular weight excluding hydrogens is 514 g/mol. The van der Waals surface area contributed by atoms with E-state index >= 15 is 0 Å². The lowest BCUT2D eigenvalue weighted by molar-refractivity contribution is 0.0560. The molecule has 1 amide bonds. The summed E-state index contributed by atoms with van der Waals surface area (Å²) >= 11 is 0. The molecule has 1 N–H and O–H groups in total. The van der Waals surface area contributed by atoms with E-state index in [0.29, 0.717) is 11.1 Å². The summed E-state index contributed by atoms with van der Waals surface area (Å²) in [5.41, 5.74) is 1.20. The zero-order valence-corrected chi connectivity index (χ0v) is 22.2. The van der Waals surface area contributed by atoms with Crippen molar-refractivity contribution in [3.63, 3.8) is 0 Å². The molecule has 202 valence electrons. The van der Waals surface area contributed by atoms with Gasteiger partial charge in [0, 0.05) is 25.6 Å². The van der Waals surface area contributed by atoms with Gasteiger partial charge in [-0.25, -0.2) is 17.2 Å². The molecule has 0 unspecified atom stereocenters. The summed E-state index contributed by atoms with van der Waals surface area (Å²) in [6.45, 7) is 3.12. The zero-order chi connectivity index (χ0) is 27.6. The largest absolute Gasteiger partial charge is 0.487 e. The number of rotatable bonds is 6. The van der Waals surface area contributed by atoms with Crippen molar-refractivity contribution in [1.29, 1.82) is 0 Å². The Hall–Kier alpha value is -3.34. The number of aliphatic hydroxyl groups is 1. The normalized spacial score (nSPS) is 19.9. The molecule has 38 heavy (non-hydrogen) atoms. The van der Waals surface area contributed by atoms with Crippen LogP contribution >= 0.6 is 0 Å². The molecule has 7 nitrogen and oxygen atoms in total. The predicted molar refractivity (Wildman–Crippen MR) is 139 cm³/mol. The van der Waals surface area contributed by atoms with Crippen LogP contribution < -0.4 is 4.74 Å². The van der Waals surface area contributed by atoms with Crippen molar-refractivity contribution in [3.8, 4) is 16.9 Å². The summed E-state index contributed by atoms with van der Waals surface area (Å²) in [4.78, 5) is 14.3. The summed E-state index contributed by atoms with van der Waals surface area (Å²) in [6.07, 6.45) is -0.665. The van der Waals surface area contributed by atoms with Crippen LogP contribution in [0.15, 0.2) is 71.6 Å². The van der Waals surface area contributed by atoms with Crippen LogP contribution in [0.5, 0.6) is 5.75 Å². The number of hydrogen-bond donors (Lipinski definition) is 1. The first kappa shape index (κ1) is 27.7. The topological polar surface area (TPSA) is 87.2 Å². The van der Waals surface area contributed by atoms with Gasteiger partial charge in [-0.3, -0.25) is 4.79 Å². The highest BCUT2D eigenvalue weighted by Gasteiger charge is 2.38. The van der Waals surface area contributed by atoms with Crippen LogP contribution in [-0.4, -0.2) is 67.5 Å². The molecule has 0 bridgehead atoms. The molecule has 4 rings (SSSR count). The van der Waals surface area contributed by atoms with Gasteiger partial charge in [-0.2, -0.15) is 4.31 Å². The third-order valence-electron chi connectivity index (χ3n) is 6.75. The summed E-state index contributed by atoms with van der Waals surface area (Å²) < 4.78 is 62.6. The maximum Gasteiger partial charge on any atom is 0.256 e. The first-order valence-corrected chi connectivity index (χ1v) is 13.7. The zero-order valence-electron chi connectivity index (χ0n) is 21.3. The number of nitrogens with zero attached hydrogens (tertiary/aromatic N) is 2. The van der Waals surface area contributed by atoms with Gasteiger partial charge in [0.1, 0.15) is 28.4 Å². The number of fused-ring (bicyclic) bond motifs is 1. The van der Waals surface area contributed by atoms with Gasteiger partial charge in [-0.1, -0.05) is 37.3 Å². The van der Waals surface area contributed by atoms with Gasteiger partial charge in [0.05, 0.1) is 18.7 Å². The van der Waals surface area contributed by atoms with Crippen molar-refractivity contribution in [3.05, 3.63) is 83.9 Å². The molecule has 3 aromatic rings. The highest BCUT2D eigenvalue weighted by atomic mass is 32.2. The van der Waals surface area contributed by atoms with Gasteiger partial charge in [-0.15, -0.1) is 0 Å². The average molecular weight is 545 g/mol. The Bertz CT molecular complexity index is 1410. The molecule has 0 aliphatic carbocycles. The Balaban J connectivity index is 1.75. The molecule has 0 spiro atoms. The predicted octanol–water partition coefficient (Wildman–Crippen LogP) is 4.17. The number of aliphatic hydroxyl groups excluding tert-OH is 1. The maximum absolute atomic E-state index is 14.3. The lowest BCUT2D eigenvalue weighted by atomic mass is 10.0. The van der Waals surface area contributed by atoms with Crippen LogP contribution in [0, 0.1) is 17.6 Å². The SMILES string of the molecule is C[C@H](CO)N1C[C@H](C)[C@H](CN(C)C(=O)c2ccccc2F)Oc2cc(-c3ccc(F)cc3)ccc2S1(=O)=O. The van der Waals surface area contributed by atoms with Crippen molar-refractivity contribution < 1.29 is 31.8 Å². The van der Waals surface area contributed by atoms with Crippen LogP contribution in [0.25, 0.3) is 11.1 Å². The summed E-state index contributed by atoms with van der Waals surface area (Å²) in [5, 5.41) is 9.81. The molecule has 0 saturated heterocycles. The average Bonchev–Trinajstić information content (AvgIpc) is 2.90. The second-order valence-electron chi connectivity index (χ2n) is 9.57. The molecular formula is C28H30F2N2O5S. The Morgan fingerprint density at radius 1 is 1.11 bits per heavy atom. The molecule has 0 radical (unpaired) electrons. The van der Waals surface area contributed by atoms with Crippen LogP contribution in [0.4, 0.5) is 8.78 Å². The second kappa shape index (κ2) is 11.2. The molecule has 0 aromatic heterocycles. The summed E-state index contributed by atoms with van der Waals surface area (Å²) in [5.74, 6) is -1.90. The van der Waals surface area contributed by atoms with E-state index in [-0.39, 0.29) is 35.9 Å². The van der Waals surface area contributed by atoms with Gasteiger partial charge in [-0.05, 0) is 54.4 Å². The number of ether oxygens (including phenoxy) is 1. The van der Waals surface area contributed by atoms with Gasteiger partial charge >= 0.3 is 0 Å². The second-order valence-corrected chi connectivity index (χ2v) is 11.4. The van der Waals surface area contributed by atoms with E-state index in [1.807, 2.05) is 0 Å². The van der Waals surface area contributed by atoms with Crippen LogP contribution in [-0.2, 0) is 10.0 Å². The number of likely N-dealkylation sites (N-methyl/N-ethyl adjacent to an activating group) is 1. The first-order valence-electron chi connectivity index (χ1n) is 12.2. The molecule has 1 heterocycles. The Morgan fingerprint density at radius 3 is 2.42 bits per heavy atom. The highest BCUT2D eigenvalue weighted by Crippen LogP contribution is 2.36. The molecule has 1 aliphatic heterocycles. The number of amides is 1. The number of carbonyl (C=O) groups is 1. The lowest BCUT2D eigenvalue weighted by Gasteiger charge is -2.37. The maximum atomic E-state index is 14.3. The number of benzene rings is 3. The molecule has 1 aliphatic rings. The molecule has 0 fully saturated rings. The summed E-state index contributed by atoms with van der Waals surface area (Å²) in [7, 11) is -2.52. The number of sulfonamides is 1. The van der Waals surface area contributed by atoms with E-state index < -0.39 is 45.6 Å². The first-order chi connectivity index (χ1) is 18.0. The van der Waals surface area contributed by atoms with Crippen molar-refractivity contribution in [2.45, 2.75) is 30.9 Å². The monoisotopic (exact) mass is 544 g/mol. The van der Waals surface area contributed by atoms with E-state index in [0.717, 1.165) is 0 Å². The number of hydrogen-bond acceptors (Lipinski definition) is 5. The fourth-order valence-electron chi connectivity index (χ4n) is 4.46. The fraction of sp³-hybridized carbons (Fsp3) is 0.321. The minimum atomic E-state index is -4.05. The molecule has 3 aromatic carbocycles. The lowest BCUT2D eigenvalue weighted by Crippen LogP contribution is -2.50. The van der Waals surface area contributed by atoms with Crippen LogP contribution in [0.2, 0.25) is 0 Å². The van der Waals surface area contributed by atoms with Crippen LogP contribution in [0.1, 0.15) is 24.2 Å². The van der Waals surface area contributed by atoms with Crippen molar-refractivity contribution in [2.75, 3.05) is 26.7 Å². The van der Waals surface area contributed by atoms with E-state index in [1.165, 1.54) is 52.7 Å². The van der Waals surface area contributed by atoms with Crippen molar-refractivity contribution in [2.24, 2.45) is 5.92 Å². The molecule has 0 saturated carbocycles. The van der Waals surface area contributed by atoms with Crippen molar-refractivity contribution in [1.82, 2.24) is 9.21 Å². The standard InChI is InChI=1S/C28H30F2N2O5S/c1-18-15-32(19(2)17-33)38(35,36)27-13-10-21(20-8-11-22(29)12-9-20)14-25(27)37-26(18)16-31(3)28(34)23-6-4-5-7-24(23)30/h4-14,18-19,26,33H,15-17H2,1-3H3/t18-,19+,26-/m0/s1. The van der Waals surface area contributed by atoms with E-state index in [4.69, 9.17) is 4.74 Å². The highest BCUT2D eigenvalue weighted by molar-refractivity contribution is 7.89. The van der Waals surface area contributed by atoms with E-state index in [1.54, 1.807) is 44.2 Å². The third kappa shape index (κ3) is 5.57. The van der Waals surface area contributed by atoms with Gasteiger partial charge < -0.3 is 14.7 Å². The smallest absolute Gasteiger partial charge is 0.256 e. The quantitative estimate of drug-likeness (QED) is 0.503. The minimum Gasteiger partial charge on any atom is -0.487 e. The molecule has 10 heteroatoms. The Kier molecular flexibility index (Phi) is 8.15. The van der Waals surface area contributed by atoms with E-state index in [2.05, 4.69) is 0 Å².